The summed E-state index contributed by atoms with van der Waals surface area (Å²) in [5.41, 5.74) is 6.98. The van der Waals surface area contributed by atoms with Gasteiger partial charge >= 0.3 is 0 Å². The predicted molar refractivity (Wildman–Crippen MR) is 87.3 cm³/mol. The number of rotatable bonds is 4. The van der Waals surface area contributed by atoms with Crippen molar-refractivity contribution in [1.29, 1.82) is 0 Å². The Morgan fingerprint density at radius 2 is 1.95 bits per heavy atom. The number of hydrogen-bond donors (Lipinski definition) is 2. The molecule has 3 nitrogen and oxygen atoms in total. The first-order valence-corrected chi connectivity index (χ1v) is 6.23. The van der Waals surface area contributed by atoms with E-state index in [0.29, 0.717) is 18.5 Å². The highest BCUT2D eigenvalue weighted by Crippen LogP contribution is 2.41. The summed E-state index contributed by atoms with van der Waals surface area (Å²) >= 11 is 0. The lowest BCUT2D eigenvalue weighted by molar-refractivity contribution is 0.445. The molecule has 21 heavy (non-hydrogen) atoms. The Hall–Kier alpha value is -1.25. The quantitative estimate of drug-likeness (QED) is 0.263. The van der Waals surface area contributed by atoms with Crippen LogP contribution >= 0.6 is 24.0 Å². The Kier molecular flexibility index (Phi) is 6.06. The van der Waals surface area contributed by atoms with E-state index in [1.807, 2.05) is 6.92 Å². The van der Waals surface area contributed by atoms with Crippen LogP contribution < -0.4 is 11.1 Å². The fourth-order valence-corrected chi connectivity index (χ4v) is 1.97. The van der Waals surface area contributed by atoms with E-state index in [1.165, 1.54) is 0 Å². The van der Waals surface area contributed by atoms with Crippen LogP contribution in [-0.2, 0) is 0 Å². The molecular formula is C14H17F3IN3. The normalized spacial score (nSPS) is 20.7. The smallest absolute Gasteiger partial charge is 0.194 e. The molecule has 1 aliphatic rings. The van der Waals surface area contributed by atoms with Gasteiger partial charge < -0.3 is 11.1 Å². The predicted octanol–water partition coefficient (Wildman–Crippen LogP) is 3.06. The van der Waals surface area contributed by atoms with Gasteiger partial charge in [-0.2, -0.15) is 0 Å². The topological polar surface area (TPSA) is 50.4 Å². The van der Waals surface area contributed by atoms with E-state index in [2.05, 4.69) is 16.9 Å². The average Bonchev–Trinajstić information content (AvgIpc) is 3.12. The fourth-order valence-electron chi connectivity index (χ4n) is 1.97. The highest BCUT2D eigenvalue weighted by Gasteiger charge is 2.39. The van der Waals surface area contributed by atoms with E-state index in [1.54, 1.807) is 0 Å². The molecule has 0 saturated heterocycles. The summed E-state index contributed by atoms with van der Waals surface area (Å²) in [6.07, 6.45) is 0.674. The Bertz CT molecular complexity index is 552. The van der Waals surface area contributed by atoms with E-state index in [9.17, 15) is 13.2 Å². The standard InChI is InChI=1S/C14H16F3N3.HI/c1-7(2)6-19-14(18)20-12-5-9(12)8-3-10(15)13(17)11(16)4-8;/h3-4,9,12H,1,5-6H2,2H3,(H3,18,19,20);1H/t9-,12+;/m0./s1. The number of halogens is 4. The molecule has 0 aromatic heterocycles. The van der Waals surface area contributed by atoms with Gasteiger partial charge in [0, 0.05) is 12.0 Å². The number of nitrogens with one attached hydrogen (secondary N) is 1. The maximum absolute atomic E-state index is 13.1. The third kappa shape index (κ3) is 4.62. The van der Waals surface area contributed by atoms with Crippen molar-refractivity contribution in [2.75, 3.05) is 6.54 Å². The lowest BCUT2D eigenvalue weighted by Gasteiger charge is -2.06. The molecule has 3 N–H and O–H groups in total. The number of nitrogens with two attached hydrogens (primary N) is 1. The molecule has 1 aromatic carbocycles. The third-order valence-corrected chi connectivity index (χ3v) is 3.08. The van der Waals surface area contributed by atoms with Crippen LogP contribution in [0, 0.1) is 17.5 Å². The minimum absolute atomic E-state index is 0. The summed E-state index contributed by atoms with van der Waals surface area (Å²) in [4.78, 5) is 4.06. The Balaban J connectivity index is 0.00000220. The molecule has 1 saturated carbocycles. The Morgan fingerprint density at radius 1 is 1.38 bits per heavy atom. The highest BCUT2D eigenvalue weighted by atomic mass is 127. The van der Waals surface area contributed by atoms with Crippen molar-refractivity contribution in [3.05, 3.63) is 47.3 Å². The molecule has 0 spiro atoms. The van der Waals surface area contributed by atoms with E-state index in [0.717, 1.165) is 17.7 Å². The van der Waals surface area contributed by atoms with Crippen LogP contribution in [0.15, 0.2) is 29.3 Å². The summed E-state index contributed by atoms with van der Waals surface area (Å²) in [6.45, 7) is 5.96. The molecule has 0 amide bonds. The molecule has 0 unspecified atom stereocenters. The minimum Gasteiger partial charge on any atom is -0.370 e. The lowest BCUT2D eigenvalue weighted by atomic mass is 10.1. The van der Waals surface area contributed by atoms with Crippen LogP contribution in [0.3, 0.4) is 0 Å². The summed E-state index contributed by atoms with van der Waals surface area (Å²) < 4.78 is 39.1. The maximum Gasteiger partial charge on any atom is 0.194 e. The van der Waals surface area contributed by atoms with Crippen molar-refractivity contribution in [3.63, 3.8) is 0 Å². The van der Waals surface area contributed by atoms with Gasteiger partial charge in [-0.3, -0.25) is 0 Å². The largest absolute Gasteiger partial charge is 0.370 e. The summed E-state index contributed by atoms with van der Waals surface area (Å²) in [7, 11) is 0. The van der Waals surface area contributed by atoms with Crippen LogP contribution in [0.5, 0.6) is 0 Å². The van der Waals surface area contributed by atoms with Crippen molar-refractivity contribution in [1.82, 2.24) is 5.32 Å². The number of benzene rings is 1. The zero-order chi connectivity index (χ0) is 14.9. The Morgan fingerprint density at radius 3 is 2.48 bits per heavy atom. The van der Waals surface area contributed by atoms with Gasteiger partial charge in [0.2, 0.25) is 0 Å². The molecular weight excluding hydrogens is 394 g/mol. The van der Waals surface area contributed by atoms with Gasteiger partial charge in [0.25, 0.3) is 0 Å². The van der Waals surface area contributed by atoms with Crippen LogP contribution in [0.25, 0.3) is 0 Å². The third-order valence-electron chi connectivity index (χ3n) is 3.08. The second-order valence-electron chi connectivity index (χ2n) is 5.05. The maximum atomic E-state index is 13.1. The molecule has 0 heterocycles. The van der Waals surface area contributed by atoms with Crippen LogP contribution in [0.4, 0.5) is 13.2 Å². The number of aliphatic imine (C=N–C) groups is 1. The second-order valence-corrected chi connectivity index (χ2v) is 5.05. The molecule has 0 aliphatic heterocycles. The van der Waals surface area contributed by atoms with Crippen molar-refractivity contribution in [3.8, 4) is 0 Å². The second kappa shape index (κ2) is 7.15. The zero-order valence-corrected chi connectivity index (χ0v) is 13.8. The molecule has 2 rings (SSSR count). The molecule has 1 aromatic rings. The van der Waals surface area contributed by atoms with E-state index in [4.69, 9.17) is 5.73 Å². The Labute approximate surface area is 138 Å². The van der Waals surface area contributed by atoms with Crippen LogP contribution in [0.2, 0.25) is 0 Å². The van der Waals surface area contributed by atoms with E-state index < -0.39 is 17.5 Å². The van der Waals surface area contributed by atoms with E-state index >= 15 is 0 Å². The van der Waals surface area contributed by atoms with Gasteiger partial charge in [-0.15, -0.1) is 24.0 Å². The van der Waals surface area contributed by atoms with Gasteiger partial charge in [-0.25, -0.2) is 18.2 Å². The summed E-state index contributed by atoms with van der Waals surface area (Å²) in [6, 6.07) is 2.01. The lowest BCUT2D eigenvalue weighted by Crippen LogP contribution is -2.34. The average molecular weight is 411 g/mol. The number of guanidine groups is 1. The van der Waals surface area contributed by atoms with Crippen molar-refractivity contribution >= 4 is 29.9 Å². The molecule has 0 radical (unpaired) electrons. The first-order valence-electron chi connectivity index (χ1n) is 6.23. The highest BCUT2D eigenvalue weighted by molar-refractivity contribution is 14.0. The van der Waals surface area contributed by atoms with Gasteiger partial charge in [0.1, 0.15) is 0 Å². The first-order chi connectivity index (χ1) is 9.38. The molecule has 1 fully saturated rings. The monoisotopic (exact) mass is 411 g/mol. The van der Waals surface area contributed by atoms with Crippen molar-refractivity contribution in [2.45, 2.75) is 25.3 Å². The summed E-state index contributed by atoms with van der Waals surface area (Å²) in [5, 5.41) is 2.96. The fraction of sp³-hybridized carbons (Fsp3) is 0.357. The van der Waals surface area contributed by atoms with Gasteiger partial charge in [0.05, 0.1) is 6.54 Å². The molecule has 0 bridgehead atoms. The SMILES string of the molecule is C=C(C)CN=C(N)N[C@@H]1C[C@H]1c1cc(F)c(F)c(F)c1.I. The number of hydrogen-bond acceptors (Lipinski definition) is 1. The van der Waals surface area contributed by atoms with Crippen molar-refractivity contribution < 1.29 is 13.2 Å². The van der Waals surface area contributed by atoms with Crippen LogP contribution in [0.1, 0.15) is 24.8 Å². The first kappa shape index (κ1) is 17.8. The number of nitrogens with zero attached hydrogens (tertiary/aromatic N) is 1. The van der Waals surface area contributed by atoms with Gasteiger partial charge in [0.15, 0.2) is 23.4 Å². The minimum atomic E-state index is -1.44. The molecule has 116 valence electrons. The van der Waals surface area contributed by atoms with Crippen LogP contribution in [-0.4, -0.2) is 18.5 Å². The molecule has 1 aliphatic carbocycles. The van der Waals surface area contributed by atoms with Crippen molar-refractivity contribution in [2.24, 2.45) is 10.7 Å². The van der Waals surface area contributed by atoms with Gasteiger partial charge in [-0.1, -0.05) is 12.2 Å². The molecule has 7 heteroatoms. The molecule has 2 atom stereocenters. The van der Waals surface area contributed by atoms with E-state index in [-0.39, 0.29) is 41.9 Å². The zero-order valence-electron chi connectivity index (χ0n) is 11.5. The summed E-state index contributed by atoms with van der Waals surface area (Å²) in [5.74, 6) is -3.60. The van der Waals surface area contributed by atoms with Gasteiger partial charge in [-0.05, 0) is 31.0 Å².